The molecule has 0 aliphatic carbocycles. The maximum atomic E-state index is 9.16. The molecule has 2 aromatic heterocycles. The van der Waals surface area contributed by atoms with Gasteiger partial charge in [0.25, 0.3) is 0 Å². The number of nitrogens with zero attached hydrogens (tertiary/aromatic N) is 3. The maximum Gasteiger partial charge on any atom is 0.110 e. The highest BCUT2D eigenvalue weighted by Crippen LogP contribution is 2.32. The Morgan fingerprint density at radius 2 is 2.28 bits per heavy atom. The largest absolute Gasteiger partial charge is 0.378 e. The van der Waals surface area contributed by atoms with Crippen LogP contribution in [-0.2, 0) is 11.2 Å². The third-order valence-corrected chi connectivity index (χ3v) is 3.81. The van der Waals surface area contributed by atoms with Crippen molar-refractivity contribution in [3.8, 4) is 17.5 Å². The first-order valence-corrected chi connectivity index (χ1v) is 6.54. The molecule has 0 aromatic carbocycles. The Labute approximate surface area is 109 Å². The second-order valence-electron chi connectivity index (χ2n) is 4.40. The summed E-state index contributed by atoms with van der Waals surface area (Å²) in [6.07, 6.45) is 2.42. The summed E-state index contributed by atoms with van der Waals surface area (Å²) in [6, 6.07) is 8.10. The SMILES string of the molecule is N#CC1(Cc2nc(-c3ccccn3)cs2)COC1. The minimum Gasteiger partial charge on any atom is -0.378 e. The van der Waals surface area contributed by atoms with E-state index in [-0.39, 0.29) is 5.41 Å². The third kappa shape index (κ3) is 2.01. The number of aromatic nitrogens is 2. The van der Waals surface area contributed by atoms with Crippen LogP contribution in [0.3, 0.4) is 0 Å². The minimum atomic E-state index is -0.362. The Kier molecular flexibility index (Phi) is 2.82. The van der Waals surface area contributed by atoms with Gasteiger partial charge in [-0.3, -0.25) is 4.98 Å². The number of nitriles is 1. The molecule has 0 unspecified atom stereocenters. The summed E-state index contributed by atoms with van der Waals surface area (Å²) < 4.78 is 5.13. The molecule has 4 nitrogen and oxygen atoms in total. The minimum absolute atomic E-state index is 0.362. The Morgan fingerprint density at radius 1 is 1.39 bits per heavy atom. The van der Waals surface area contributed by atoms with Gasteiger partial charge in [-0.2, -0.15) is 5.26 Å². The normalized spacial score (nSPS) is 16.8. The molecule has 90 valence electrons. The van der Waals surface area contributed by atoms with Crippen molar-refractivity contribution in [2.75, 3.05) is 13.2 Å². The van der Waals surface area contributed by atoms with E-state index in [1.165, 1.54) is 0 Å². The van der Waals surface area contributed by atoms with Crippen molar-refractivity contribution in [3.05, 3.63) is 34.8 Å². The maximum absolute atomic E-state index is 9.16. The van der Waals surface area contributed by atoms with Gasteiger partial charge in [0.1, 0.15) is 5.41 Å². The van der Waals surface area contributed by atoms with Crippen LogP contribution in [0.5, 0.6) is 0 Å². The standard InChI is InChI=1S/C13H11N3OS/c14-7-13(8-17-9-13)5-12-16-11(6-18-12)10-3-1-2-4-15-10/h1-4,6H,5,8-9H2. The molecule has 2 aromatic rings. The van der Waals surface area contributed by atoms with Crippen molar-refractivity contribution >= 4 is 11.3 Å². The molecule has 3 rings (SSSR count). The average Bonchev–Trinajstić information content (AvgIpc) is 2.83. The quantitative estimate of drug-likeness (QED) is 0.846. The summed E-state index contributed by atoms with van der Waals surface area (Å²) in [5.74, 6) is 0. The van der Waals surface area contributed by atoms with Crippen LogP contribution in [0.1, 0.15) is 5.01 Å². The van der Waals surface area contributed by atoms with E-state index >= 15 is 0 Å². The van der Waals surface area contributed by atoms with Gasteiger partial charge in [-0.05, 0) is 12.1 Å². The summed E-state index contributed by atoms with van der Waals surface area (Å²) in [5.41, 5.74) is 1.39. The van der Waals surface area contributed by atoms with Crippen LogP contribution in [0.15, 0.2) is 29.8 Å². The van der Waals surface area contributed by atoms with Crippen LogP contribution < -0.4 is 0 Å². The number of rotatable bonds is 3. The van der Waals surface area contributed by atoms with E-state index in [0.717, 1.165) is 16.4 Å². The Hall–Kier alpha value is -1.77. The van der Waals surface area contributed by atoms with Gasteiger partial charge in [-0.25, -0.2) is 4.98 Å². The molecule has 18 heavy (non-hydrogen) atoms. The molecule has 0 radical (unpaired) electrons. The number of thiazole rings is 1. The number of hydrogen-bond donors (Lipinski definition) is 0. The summed E-state index contributed by atoms with van der Waals surface area (Å²) in [6.45, 7) is 1.03. The molecule has 0 bridgehead atoms. The molecule has 1 aliphatic heterocycles. The monoisotopic (exact) mass is 257 g/mol. The van der Waals surface area contributed by atoms with Crippen molar-refractivity contribution in [2.45, 2.75) is 6.42 Å². The van der Waals surface area contributed by atoms with E-state index in [4.69, 9.17) is 10.00 Å². The number of pyridine rings is 1. The number of hydrogen-bond acceptors (Lipinski definition) is 5. The zero-order valence-corrected chi connectivity index (χ0v) is 10.5. The van der Waals surface area contributed by atoms with Crippen molar-refractivity contribution in [3.63, 3.8) is 0 Å². The first kappa shape index (κ1) is 11.3. The summed E-state index contributed by atoms with van der Waals surface area (Å²) >= 11 is 1.58. The zero-order valence-electron chi connectivity index (χ0n) is 9.67. The molecule has 3 heterocycles. The molecule has 0 atom stereocenters. The Morgan fingerprint density at radius 3 is 2.89 bits per heavy atom. The van der Waals surface area contributed by atoms with E-state index in [1.807, 2.05) is 23.6 Å². The van der Waals surface area contributed by atoms with E-state index in [1.54, 1.807) is 17.5 Å². The fraction of sp³-hybridized carbons (Fsp3) is 0.308. The lowest BCUT2D eigenvalue weighted by Gasteiger charge is -2.34. The van der Waals surface area contributed by atoms with Crippen LogP contribution in [0.4, 0.5) is 0 Å². The highest BCUT2D eigenvalue weighted by atomic mass is 32.1. The summed E-state index contributed by atoms with van der Waals surface area (Å²) in [7, 11) is 0. The van der Waals surface area contributed by atoms with E-state index < -0.39 is 0 Å². The van der Waals surface area contributed by atoms with Crippen LogP contribution in [0.2, 0.25) is 0 Å². The van der Waals surface area contributed by atoms with Crippen molar-refractivity contribution in [1.82, 2.24) is 9.97 Å². The van der Waals surface area contributed by atoms with Gasteiger partial charge in [0.2, 0.25) is 0 Å². The van der Waals surface area contributed by atoms with Gasteiger partial charge in [-0.1, -0.05) is 6.07 Å². The lowest BCUT2D eigenvalue weighted by molar-refractivity contribution is -0.0765. The molecule has 0 saturated carbocycles. The zero-order chi connectivity index (χ0) is 12.4. The van der Waals surface area contributed by atoms with Crippen LogP contribution in [-0.4, -0.2) is 23.2 Å². The lowest BCUT2D eigenvalue weighted by atomic mass is 9.84. The van der Waals surface area contributed by atoms with Gasteiger partial charge in [-0.15, -0.1) is 11.3 Å². The third-order valence-electron chi connectivity index (χ3n) is 2.96. The molecule has 5 heteroatoms. The molecular weight excluding hydrogens is 246 g/mol. The first-order chi connectivity index (χ1) is 8.81. The van der Waals surface area contributed by atoms with E-state index in [0.29, 0.717) is 19.6 Å². The fourth-order valence-electron chi connectivity index (χ4n) is 1.87. The molecule has 0 amide bonds. The summed E-state index contributed by atoms with van der Waals surface area (Å²) in [4.78, 5) is 8.81. The van der Waals surface area contributed by atoms with Gasteiger partial charge >= 0.3 is 0 Å². The van der Waals surface area contributed by atoms with Gasteiger partial charge in [0.05, 0.1) is 35.7 Å². The predicted octanol–water partition coefficient (Wildman–Crippen LogP) is 2.29. The summed E-state index contributed by atoms with van der Waals surface area (Å²) in [5, 5.41) is 12.1. The molecule has 1 aliphatic rings. The highest BCUT2D eigenvalue weighted by molar-refractivity contribution is 7.09. The number of ether oxygens (including phenoxy) is 1. The van der Waals surface area contributed by atoms with Gasteiger partial charge in [0, 0.05) is 18.0 Å². The van der Waals surface area contributed by atoms with E-state index in [2.05, 4.69) is 16.0 Å². The topological polar surface area (TPSA) is 58.8 Å². The van der Waals surface area contributed by atoms with Crippen molar-refractivity contribution in [1.29, 1.82) is 5.26 Å². The van der Waals surface area contributed by atoms with Crippen molar-refractivity contribution in [2.24, 2.45) is 5.41 Å². The molecule has 0 N–H and O–H groups in total. The molecule has 0 spiro atoms. The second-order valence-corrected chi connectivity index (χ2v) is 5.35. The van der Waals surface area contributed by atoms with Crippen LogP contribution in [0, 0.1) is 16.7 Å². The first-order valence-electron chi connectivity index (χ1n) is 5.66. The Balaban J connectivity index is 1.80. The highest BCUT2D eigenvalue weighted by Gasteiger charge is 2.39. The Bertz CT molecular complexity index is 584. The smallest absolute Gasteiger partial charge is 0.110 e. The predicted molar refractivity (Wildman–Crippen MR) is 67.9 cm³/mol. The van der Waals surface area contributed by atoms with Crippen LogP contribution in [0.25, 0.3) is 11.4 Å². The van der Waals surface area contributed by atoms with Crippen molar-refractivity contribution < 1.29 is 4.74 Å². The van der Waals surface area contributed by atoms with E-state index in [9.17, 15) is 0 Å². The second kappa shape index (κ2) is 4.48. The van der Waals surface area contributed by atoms with Gasteiger partial charge < -0.3 is 4.74 Å². The lowest BCUT2D eigenvalue weighted by Crippen LogP contribution is -2.43. The molecule has 1 fully saturated rings. The molecule has 1 saturated heterocycles. The fourth-order valence-corrected chi connectivity index (χ4v) is 2.80. The molecular formula is C13H11N3OS. The van der Waals surface area contributed by atoms with Gasteiger partial charge in [0.15, 0.2) is 0 Å². The average molecular weight is 257 g/mol. The van der Waals surface area contributed by atoms with Crippen LogP contribution >= 0.6 is 11.3 Å².